The third-order valence-electron chi connectivity index (χ3n) is 2.26. The molecule has 2 nitrogen and oxygen atoms in total. The van der Waals surface area contributed by atoms with Crippen molar-refractivity contribution < 1.29 is 9.13 Å². The summed E-state index contributed by atoms with van der Waals surface area (Å²) in [5.74, 6) is -0.440. The Morgan fingerprint density at radius 1 is 1.50 bits per heavy atom. The van der Waals surface area contributed by atoms with Crippen molar-refractivity contribution in [1.82, 2.24) is 0 Å². The van der Waals surface area contributed by atoms with Gasteiger partial charge in [-0.05, 0) is 36.6 Å². The second-order valence-electron chi connectivity index (χ2n) is 3.20. The lowest BCUT2D eigenvalue weighted by atomic mass is 9.99. The van der Waals surface area contributed by atoms with Gasteiger partial charge in [-0.2, -0.15) is 5.26 Å². The van der Waals surface area contributed by atoms with Crippen LogP contribution in [0.1, 0.15) is 22.3 Å². The molecule has 1 aromatic carbocycles. The third-order valence-corrected chi connectivity index (χ3v) is 2.26. The molecule has 0 bridgehead atoms. The number of methoxy groups -OCH3 is 1. The number of rotatable bonds is 2. The molecule has 0 saturated carbocycles. The summed E-state index contributed by atoms with van der Waals surface area (Å²) in [5, 5.41) is 8.67. The highest BCUT2D eigenvalue weighted by Crippen LogP contribution is 2.21. The van der Waals surface area contributed by atoms with Crippen LogP contribution < -0.4 is 0 Å². The van der Waals surface area contributed by atoms with Gasteiger partial charge in [0, 0.05) is 7.11 Å². The van der Waals surface area contributed by atoms with E-state index in [2.05, 4.69) is 0 Å². The van der Waals surface area contributed by atoms with Gasteiger partial charge in [0.15, 0.2) is 0 Å². The molecule has 0 saturated heterocycles. The van der Waals surface area contributed by atoms with Crippen molar-refractivity contribution in [2.24, 2.45) is 0 Å². The Balaban J connectivity index is 3.35. The number of benzene rings is 1. The topological polar surface area (TPSA) is 33.0 Å². The lowest BCUT2D eigenvalue weighted by molar-refractivity contribution is 0.183. The Labute approximate surface area is 82.9 Å². The maximum absolute atomic E-state index is 13.5. The monoisotopic (exact) mass is 193 g/mol. The van der Waals surface area contributed by atoms with E-state index in [1.807, 2.05) is 13.0 Å². The van der Waals surface area contributed by atoms with Gasteiger partial charge < -0.3 is 4.74 Å². The zero-order chi connectivity index (χ0) is 10.7. The summed E-state index contributed by atoms with van der Waals surface area (Å²) < 4.78 is 18.5. The summed E-state index contributed by atoms with van der Waals surface area (Å²) in [7, 11) is 1.56. The molecule has 1 aromatic rings. The number of hydrogen-bond donors (Lipinski definition) is 0. The highest BCUT2D eigenvalue weighted by atomic mass is 19.1. The Kier molecular flexibility index (Phi) is 3.21. The molecule has 0 unspecified atom stereocenters. The van der Waals surface area contributed by atoms with Crippen LogP contribution in [0, 0.1) is 31.0 Å². The van der Waals surface area contributed by atoms with Gasteiger partial charge in [-0.15, -0.1) is 0 Å². The van der Waals surface area contributed by atoms with Crippen LogP contribution in [-0.4, -0.2) is 7.11 Å². The van der Waals surface area contributed by atoms with Gasteiger partial charge in [0.25, 0.3) is 0 Å². The SMILES string of the molecule is COCc1c(C)cc(C#N)c(F)c1C. The molecule has 0 N–H and O–H groups in total. The number of halogens is 1. The molecule has 14 heavy (non-hydrogen) atoms. The van der Waals surface area contributed by atoms with Crippen molar-refractivity contribution in [1.29, 1.82) is 5.26 Å². The minimum atomic E-state index is -0.440. The molecular formula is C11H12FNO. The van der Waals surface area contributed by atoms with E-state index in [1.165, 1.54) is 0 Å². The van der Waals surface area contributed by atoms with Gasteiger partial charge in [0.05, 0.1) is 12.2 Å². The van der Waals surface area contributed by atoms with E-state index in [4.69, 9.17) is 10.00 Å². The van der Waals surface area contributed by atoms with Crippen molar-refractivity contribution in [2.75, 3.05) is 7.11 Å². The minimum absolute atomic E-state index is 0.0971. The van der Waals surface area contributed by atoms with E-state index in [1.54, 1.807) is 20.1 Å². The zero-order valence-electron chi connectivity index (χ0n) is 8.52. The van der Waals surface area contributed by atoms with Crippen LogP contribution in [0.2, 0.25) is 0 Å². The van der Waals surface area contributed by atoms with Gasteiger partial charge in [-0.1, -0.05) is 0 Å². The van der Waals surface area contributed by atoms with Gasteiger partial charge in [-0.25, -0.2) is 4.39 Å². The Morgan fingerprint density at radius 3 is 2.64 bits per heavy atom. The molecule has 0 amide bonds. The molecule has 0 heterocycles. The lowest BCUT2D eigenvalue weighted by Gasteiger charge is -2.10. The highest BCUT2D eigenvalue weighted by Gasteiger charge is 2.12. The molecule has 0 aromatic heterocycles. The van der Waals surface area contributed by atoms with Gasteiger partial charge >= 0.3 is 0 Å². The molecule has 0 aliphatic carbocycles. The molecule has 0 aliphatic heterocycles. The normalized spacial score (nSPS) is 9.93. The number of nitrogens with zero attached hydrogens (tertiary/aromatic N) is 1. The van der Waals surface area contributed by atoms with Gasteiger partial charge in [0.1, 0.15) is 11.9 Å². The zero-order valence-corrected chi connectivity index (χ0v) is 8.52. The van der Waals surface area contributed by atoms with Crippen LogP contribution in [0.15, 0.2) is 6.07 Å². The quantitative estimate of drug-likeness (QED) is 0.722. The van der Waals surface area contributed by atoms with Crippen molar-refractivity contribution >= 4 is 0 Å². The van der Waals surface area contributed by atoms with Crippen molar-refractivity contribution in [3.63, 3.8) is 0 Å². The van der Waals surface area contributed by atoms with E-state index in [-0.39, 0.29) is 5.56 Å². The predicted molar refractivity (Wildman–Crippen MR) is 51.3 cm³/mol. The molecule has 74 valence electrons. The lowest BCUT2D eigenvalue weighted by Crippen LogP contribution is -2.01. The molecule has 1 rings (SSSR count). The van der Waals surface area contributed by atoms with E-state index >= 15 is 0 Å². The molecule has 0 atom stereocenters. The number of nitriles is 1. The van der Waals surface area contributed by atoms with Crippen molar-refractivity contribution in [2.45, 2.75) is 20.5 Å². The maximum Gasteiger partial charge on any atom is 0.144 e. The number of ether oxygens (including phenoxy) is 1. The van der Waals surface area contributed by atoms with E-state index in [9.17, 15) is 4.39 Å². The van der Waals surface area contributed by atoms with E-state index in [0.717, 1.165) is 11.1 Å². The average Bonchev–Trinajstić information content (AvgIpc) is 2.18. The summed E-state index contributed by atoms with van der Waals surface area (Å²) >= 11 is 0. The van der Waals surface area contributed by atoms with Crippen LogP contribution in [0.3, 0.4) is 0 Å². The summed E-state index contributed by atoms with van der Waals surface area (Å²) in [4.78, 5) is 0. The van der Waals surface area contributed by atoms with Crippen molar-refractivity contribution in [3.8, 4) is 6.07 Å². The fraction of sp³-hybridized carbons (Fsp3) is 0.364. The molecule has 0 spiro atoms. The van der Waals surface area contributed by atoms with Gasteiger partial charge in [-0.3, -0.25) is 0 Å². The second-order valence-corrected chi connectivity index (χ2v) is 3.20. The Morgan fingerprint density at radius 2 is 2.14 bits per heavy atom. The first-order chi connectivity index (χ1) is 6.61. The van der Waals surface area contributed by atoms with Crippen LogP contribution in [0.25, 0.3) is 0 Å². The van der Waals surface area contributed by atoms with Crippen LogP contribution in [-0.2, 0) is 11.3 Å². The van der Waals surface area contributed by atoms with Gasteiger partial charge in [0.2, 0.25) is 0 Å². The van der Waals surface area contributed by atoms with Crippen LogP contribution in [0.5, 0.6) is 0 Å². The molecular weight excluding hydrogens is 181 g/mol. The van der Waals surface area contributed by atoms with Crippen molar-refractivity contribution in [3.05, 3.63) is 34.1 Å². The number of aryl methyl sites for hydroxylation is 1. The molecule has 3 heteroatoms. The summed E-state index contributed by atoms with van der Waals surface area (Å²) in [6, 6.07) is 3.38. The second kappa shape index (κ2) is 4.21. The van der Waals surface area contributed by atoms with Crippen LogP contribution >= 0.6 is 0 Å². The maximum atomic E-state index is 13.5. The van der Waals surface area contributed by atoms with E-state index in [0.29, 0.717) is 12.2 Å². The third kappa shape index (κ3) is 1.75. The molecule has 0 fully saturated rings. The summed E-state index contributed by atoms with van der Waals surface area (Å²) in [6.45, 7) is 3.89. The predicted octanol–water partition coefficient (Wildman–Crippen LogP) is 2.46. The number of hydrogen-bond acceptors (Lipinski definition) is 2. The average molecular weight is 193 g/mol. The first-order valence-electron chi connectivity index (χ1n) is 4.29. The summed E-state index contributed by atoms with van der Waals surface area (Å²) in [6.07, 6.45) is 0. The fourth-order valence-corrected chi connectivity index (χ4v) is 1.44. The first-order valence-corrected chi connectivity index (χ1v) is 4.29. The largest absolute Gasteiger partial charge is 0.380 e. The minimum Gasteiger partial charge on any atom is -0.380 e. The van der Waals surface area contributed by atoms with E-state index < -0.39 is 5.82 Å². The Bertz CT molecular complexity index is 393. The summed E-state index contributed by atoms with van der Waals surface area (Å²) in [5.41, 5.74) is 2.31. The standard InChI is InChI=1S/C11H12FNO/c1-7-4-9(5-13)11(12)8(2)10(7)6-14-3/h4H,6H2,1-3H3. The van der Waals surface area contributed by atoms with Crippen LogP contribution in [0.4, 0.5) is 4.39 Å². The Hall–Kier alpha value is -1.40. The first kappa shape index (κ1) is 10.7. The smallest absolute Gasteiger partial charge is 0.144 e. The molecule has 0 radical (unpaired) electrons. The highest BCUT2D eigenvalue weighted by molar-refractivity contribution is 5.44. The molecule has 0 aliphatic rings. The fourth-order valence-electron chi connectivity index (χ4n) is 1.44.